The second-order valence-corrected chi connectivity index (χ2v) is 7.32. The summed E-state index contributed by atoms with van der Waals surface area (Å²) in [5.74, 6) is 0.0304. The van der Waals surface area contributed by atoms with Gasteiger partial charge in [-0.1, -0.05) is 12.1 Å². The highest BCUT2D eigenvalue weighted by Gasteiger charge is 2.30. The van der Waals surface area contributed by atoms with E-state index in [2.05, 4.69) is 4.98 Å². The number of fused-ring (bicyclic) bond motifs is 3. The number of halogens is 1. The first kappa shape index (κ1) is 18.0. The van der Waals surface area contributed by atoms with Gasteiger partial charge in [0.1, 0.15) is 11.6 Å². The Labute approximate surface area is 167 Å². The number of nitrogens with two attached hydrogens (primary N) is 1. The Hall–Kier alpha value is -3.03. The second-order valence-electron chi connectivity index (χ2n) is 7.32. The molecule has 3 heterocycles. The molecule has 0 radical (unpaired) electrons. The van der Waals surface area contributed by atoms with Crippen LogP contribution in [0, 0.1) is 5.82 Å². The molecule has 3 aromatic rings. The van der Waals surface area contributed by atoms with Gasteiger partial charge in [-0.05, 0) is 41.5 Å². The van der Waals surface area contributed by atoms with Crippen LogP contribution in [0.3, 0.4) is 0 Å². The molecule has 0 saturated carbocycles. The van der Waals surface area contributed by atoms with Crippen LogP contribution >= 0.6 is 0 Å². The number of carbonyl (C=O) groups excluding carboxylic acids is 1. The van der Waals surface area contributed by atoms with Crippen molar-refractivity contribution in [2.45, 2.75) is 19.3 Å². The van der Waals surface area contributed by atoms with Crippen LogP contribution in [0.5, 0.6) is 0 Å². The third kappa shape index (κ3) is 3.12. The number of aromatic nitrogens is 1. The average Bonchev–Trinajstić information content (AvgIpc) is 3.24. The van der Waals surface area contributed by atoms with Crippen LogP contribution in [0.1, 0.15) is 33.1 Å². The van der Waals surface area contributed by atoms with E-state index in [1.807, 2.05) is 18.2 Å². The molecule has 1 unspecified atom stereocenters. The van der Waals surface area contributed by atoms with E-state index in [1.165, 1.54) is 12.1 Å². The van der Waals surface area contributed by atoms with Gasteiger partial charge in [-0.25, -0.2) is 9.37 Å². The number of anilines is 1. The summed E-state index contributed by atoms with van der Waals surface area (Å²) in [6.45, 7) is 2.13. The predicted octanol–water partition coefficient (Wildman–Crippen LogP) is 3.20. The Morgan fingerprint density at radius 1 is 1.14 bits per heavy atom. The number of pyridine rings is 1. The molecule has 0 spiro atoms. The van der Waals surface area contributed by atoms with Crippen LogP contribution in [0.25, 0.3) is 10.9 Å². The standard InChI is InChI=1S/C22H20FN3O3/c23-15-3-1-2-13(8-15)20-12-28-7-6-26(20)22(27)14-4-5-19-16(9-14)17-10-29-11-18(17)21(24)25-19/h1-5,8-9,20H,6-7,10-12H2,(H2,24,25). The second kappa shape index (κ2) is 7.09. The molecule has 0 aliphatic carbocycles. The minimum Gasteiger partial charge on any atom is -0.383 e. The SMILES string of the molecule is Nc1nc2ccc(C(=O)N3CCOCC3c3cccc(F)c3)cc2c2c1COC2. The summed E-state index contributed by atoms with van der Waals surface area (Å²) in [5.41, 5.74) is 9.95. The van der Waals surface area contributed by atoms with Gasteiger partial charge in [0.2, 0.25) is 0 Å². The fourth-order valence-corrected chi connectivity index (χ4v) is 4.11. The van der Waals surface area contributed by atoms with E-state index in [4.69, 9.17) is 15.2 Å². The zero-order chi connectivity index (χ0) is 20.0. The monoisotopic (exact) mass is 393 g/mol. The maximum atomic E-state index is 13.7. The average molecular weight is 393 g/mol. The van der Waals surface area contributed by atoms with E-state index >= 15 is 0 Å². The van der Waals surface area contributed by atoms with Gasteiger partial charge in [-0.3, -0.25) is 4.79 Å². The van der Waals surface area contributed by atoms with Crippen molar-refractivity contribution in [1.29, 1.82) is 0 Å². The number of hydrogen-bond acceptors (Lipinski definition) is 5. The van der Waals surface area contributed by atoms with Gasteiger partial charge in [0.05, 0.1) is 38.0 Å². The van der Waals surface area contributed by atoms with Gasteiger partial charge >= 0.3 is 0 Å². The van der Waals surface area contributed by atoms with Crippen LogP contribution in [0.4, 0.5) is 10.2 Å². The van der Waals surface area contributed by atoms with Crippen molar-refractivity contribution < 1.29 is 18.7 Å². The Balaban J connectivity index is 1.53. The molecule has 1 aromatic heterocycles. The predicted molar refractivity (Wildman–Crippen MR) is 106 cm³/mol. The summed E-state index contributed by atoms with van der Waals surface area (Å²) in [7, 11) is 0. The molecule has 7 heteroatoms. The summed E-state index contributed by atoms with van der Waals surface area (Å²) >= 11 is 0. The zero-order valence-corrected chi connectivity index (χ0v) is 15.7. The van der Waals surface area contributed by atoms with Gasteiger partial charge in [-0.15, -0.1) is 0 Å². The number of amides is 1. The van der Waals surface area contributed by atoms with Crippen molar-refractivity contribution in [1.82, 2.24) is 9.88 Å². The number of nitrogens with zero attached hydrogens (tertiary/aromatic N) is 2. The van der Waals surface area contributed by atoms with Crippen LogP contribution < -0.4 is 5.73 Å². The minimum absolute atomic E-state index is 0.117. The molecule has 1 atom stereocenters. The largest absolute Gasteiger partial charge is 0.383 e. The number of benzene rings is 2. The van der Waals surface area contributed by atoms with Crippen LogP contribution in [-0.2, 0) is 22.7 Å². The van der Waals surface area contributed by atoms with Crippen LogP contribution in [0.15, 0.2) is 42.5 Å². The third-order valence-electron chi connectivity index (χ3n) is 5.60. The van der Waals surface area contributed by atoms with E-state index in [9.17, 15) is 9.18 Å². The molecule has 2 aliphatic rings. The molecule has 1 amide bonds. The van der Waals surface area contributed by atoms with Crippen molar-refractivity contribution >= 4 is 22.6 Å². The fourth-order valence-electron chi connectivity index (χ4n) is 4.11. The quantitative estimate of drug-likeness (QED) is 0.724. The van der Waals surface area contributed by atoms with Gasteiger partial charge < -0.3 is 20.1 Å². The first-order valence-corrected chi connectivity index (χ1v) is 9.55. The van der Waals surface area contributed by atoms with E-state index in [0.717, 1.165) is 27.6 Å². The minimum atomic E-state index is -0.332. The van der Waals surface area contributed by atoms with Crippen molar-refractivity contribution in [3.8, 4) is 0 Å². The highest BCUT2D eigenvalue weighted by molar-refractivity contribution is 5.99. The summed E-state index contributed by atoms with van der Waals surface area (Å²) in [6.07, 6.45) is 0. The first-order valence-electron chi connectivity index (χ1n) is 9.55. The molecule has 0 bridgehead atoms. The van der Waals surface area contributed by atoms with Crippen LogP contribution in [-0.4, -0.2) is 35.5 Å². The number of ether oxygens (including phenoxy) is 2. The van der Waals surface area contributed by atoms with Gasteiger partial charge in [0, 0.05) is 23.1 Å². The van der Waals surface area contributed by atoms with E-state index < -0.39 is 0 Å². The molecular formula is C22H20FN3O3. The highest BCUT2D eigenvalue weighted by atomic mass is 19.1. The smallest absolute Gasteiger partial charge is 0.254 e. The normalized spacial score (nSPS) is 18.8. The summed E-state index contributed by atoms with van der Waals surface area (Å²) < 4.78 is 24.9. The van der Waals surface area contributed by atoms with Crippen molar-refractivity contribution in [2.24, 2.45) is 0 Å². The molecule has 29 heavy (non-hydrogen) atoms. The topological polar surface area (TPSA) is 77.7 Å². The summed E-state index contributed by atoms with van der Waals surface area (Å²) in [5, 5.41) is 0.883. The molecule has 1 fully saturated rings. The Morgan fingerprint density at radius 3 is 2.86 bits per heavy atom. The molecule has 2 aromatic carbocycles. The third-order valence-corrected chi connectivity index (χ3v) is 5.60. The Morgan fingerprint density at radius 2 is 2.00 bits per heavy atom. The van der Waals surface area contributed by atoms with Crippen molar-refractivity contribution in [2.75, 3.05) is 25.5 Å². The highest BCUT2D eigenvalue weighted by Crippen LogP contribution is 2.33. The van der Waals surface area contributed by atoms with Crippen molar-refractivity contribution in [3.05, 3.63) is 70.5 Å². The van der Waals surface area contributed by atoms with Gasteiger partial charge in [-0.2, -0.15) is 0 Å². The molecule has 5 rings (SSSR count). The lowest BCUT2D eigenvalue weighted by Crippen LogP contribution is -2.43. The number of rotatable bonds is 2. The van der Waals surface area contributed by atoms with E-state index in [0.29, 0.717) is 44.4 Å². The van der Waals surface area contributed by atoms with Crippen molar-refractivity contribution in [3.63, 3.8) is 0 Å². The molecule has 2 N–H and O–H groups in total. The maximum Gasteiger partial charge on any atom is 0.254 e. The Kier molecular flexibility index (Phi) is 4.41. The van der Waals surface area contributed by atoms with E-state index in [-0.39, 0.29) is 17.8 Å². The molecule has 148 valence electrons. The van der Waals surface area contributed by atoms with Crippen LogP contribution in [0.2, 0.25) is 0 Å². The summed E-state index contributed by atoms with van der Waals surface area (Å²) in [4.78, 5) is 19.6. The lowest BCUT2D eigenvalue weighted by Gasteiger charge is -2.36. The first-order chi connectivity index (χ1) is 14.1. The fraction of sp³-hybridized carbons (Fsp3) is 0.273. The lowest BCUT2D eigenvalue weighted by atomic mass is 10.0. The number of morpholine rings is 1. The van der Waals surface area contributed by atoms with Gasteiger partial charge in [0.25, 0.3) is 5.91 Å². The molecule has 6 nitrogen and oxygen atoms in total. The van der Waals surface area contributed by atoms with E-state index in [1.54, 1.807) is 17.0 Å². The molecule has 2 aliphatic heterocycles. The number of hydrogen-bond donors (Lipinski definition) is 1. The zero-order valence-electron chi connectivity index (χ0n) is 15.7. The number of carbonyl (C=O) groups is 1. The summed E-state index contributed by atoms with van der Waals surface area (Å²) in [6, 6.07) is 11.4. The maximum absolute atomic E-state index is 13.7. The Bertz CT molecular complexity index is 1120. The lowest BCUT2D eigenvalue weighted by molar-refractivity contribution is -0.00276. The molecule has 1 saturated heterocycles. The van der Waals surface area contributed by atoms with Gasteiger partial charge in [0.15, 0.2) is 0 Å². The molecular weight excluding hydrogens is 373 g/mol. The number of nitrogen functional groups attached to an aromatic ring is 1.